The van der Waals surface area contributed by atoms with Crippen molar-refractivity contribution in [3.63, 3.8) is 0 Å². The minimum absolute atomic E-state index is 0.126. The Morgan fingerprint density at radius 3 is 2.40 bits per heavy atom. The van der Waals surface area contributed by atoms with Crippen LogP contribution < -0.4 is 5.32 Å². The minimum atomic E-state index is -3.71. The molecule has 0 aliphatic heterocycles. The van der Waals surface area contributed by atoms with Gasteiger partial charge in [-0.1, -0.05) is 0 Å². The van der Waals surface area contributed by atoms with Gasteiger partial charge in [0, 0.05) is 14.1 Å². The second-order valence-electron chi connectivity index (χ2n) is 5.26. The summed E-state index contributed by atoms with van der Waals surface area (Å²) in [5, 5.41) is 11.8. The Kier molecular flexibility index (Phi) is 4.62. The average Bonchev–Trinajstić information content (AvgIpc) is 2.77. The van der Waals surface area contributed by atoms with Crippen LogP contribution in [0.1, 0.15) is 31.3 Å². The molecule has 1 rings (SSSR count). The van der Waals surface area contributed by atoms with Crippen LogP contribution in [0.15, 0.2) is 21.6 Å². The molecule has 1 heterocycles. The number of sulfonamides is 1. The lowest BCUT2D eigenvalue weighted by Gasteiger charge is -2.28. The topological polar surface area (TPSA) is 99.8 Å². The monoisotopic (exact) mass is 304 g/mol. The van der Waals surface area contributed by atoms with E-state index in [2.05, 4.69) is 5.32 Å². The largest absolute Gasteiger partial charge is 0.438 e. The van der Waals surface area contributed by atoms with E-state index >= 15 is 0 Å². The highest BCUT2D eigenvalue weighted by atomic mass is 32.2. The number of nitrogens with zero attached hydrogens (tertiary/aromatic N) is 1. The molecular formula is C12H20N2O5S. The fourth-order valence-corrected chi connectivity index (χ4v) is 2.01. The Hall–Kier alpha value is -1.38. The molecule has 7 nitrogen and oxygen atoms in total. The number of rotatable bonds is 5. The number of carbonyl (C=O) groups excluding carboxylic acids is 1. The Balaban J connectivity index is 2.97. The molecule has 1 atom stereocenters. The average molecular weight is 304 g/mol. The lowest BCUT2D eigenvalue weighted by atomic mass is 9.99. The predicted octanol–water partition coefficient (Wildman–Crippen LogP) is 0.419. The van der Waals surface area contributed by atoms with E-state index in [1.807, 2.05) is 0 Å². The van der Waals surface area contributed by atoms with Crippen molar-refractivity contribution in [2.24, 2.45) is 0 Å². The first-order valence-corrected chi connectivity index (χ1v) is 7.45. The van der Waals surface area contributed by atoms with Crippen molar-refractivity contribution in [3.8, 4) is 0 Å². The minimum Gasteiger partial charge on any atom is -0.438 e. The highest BCUT2D eigenvalue weighted by Gasteiger charge is 2.29. The number of carbonyl (C=O) groups is 1. The van der Waals surface area contributed by atoms with E-state index < -0.39 is 27.6 Å². The van der Waals surface area contributed by atoms with Gasteiger partial charge in [0.05, 0.1) is 11.6 Å². The smallest absolute Gasteiger partial charge is 0.287 e. The van der Waals surface area contributed by atoms with E-state index in [1.165, 1.54) is 26.2 Å². The van der Waals surface area contributed by atoms with Crippen LogP contribution in [-0.4, -0.2) is 49.5 Å². The molecule has 8 heteroatoms. The van der Waals surface area contributed by atoms with Gasteiger partial charge in [-0.15, -0.1) is 0 Å². The zero-order valence-corrected chi connectivity index (χ0v) is 13.0. The zero-order chi connectivity index (χ0) is 15.7. The van der Waals surface area contributed by atoms with Crippen molar-refractivity contribution in [3.05, 3.63) is 17.9 Å². The van der Waals surface area contributed by atoms with Crippen LogP contribution in [0.25, 0.3) is 0 Å². The highest BCUT2D eigenvalue weighted by molar-refractivity contribution is 7.88. The molecule has 2 N–H and O–H groups in total. The van der Waals surface area contributed by atoms with Crippen LogP contribution in [0.5, 0.6) is 0 Å². The Labute approximate surface area is 118 Å². The number of nitrogens with one attached hydrogen (secondary N) is 1. The molecule has 0 saturated carbocycles. The molecule has 1 aromatic heterocycles. The number of aliphatic hydroxyl groups excluding tert-OH is 1. The van der Waals surface area contributed by atoms with Gasteiger partial charge in [-0.3, -0.25) is 4.79 Å². The summed E-state index contributed by atoms with van der Waals surface area (Å²) >= 11 is 0. The van der Waals surface area contributed by atoms with Crippen molar-refractivity contribution in [2.75, 3.05) is 14.1 Å². The summed E-state index contributed by atoms with van der Waals surface area (Å²) in [7, 11) is -0.974. The molecule has 1 unspecified atom stereocenters. The van der Waals surface area contributed by atoms with E-state index in [1.54, 1.807) is 20.8 Å². The molecule has 0 aromatic carbocycles. The van der Waals surface area contributed by atoms with Gasteiger partial charge >= 0.3 is 0 Å². The first-order valence-electron chi connectivity index (χ1n) is 6.01. The van der Waals surface area contributed by atoms with E-state index in [0.717, 1.165) is 4.31 Å². The molecule has 20 heavy (non-hydrogen) atoms. The summed E-state index contributed by atoms with van der Waals surface area (Å²) < 4.78 is 29.7. The SMILES string of the molecule is CC(O)C(C)(C)NC(=O)c1ccc(S(=O)(=O)N(C)C)o1. The molecule has 0 aliphatic carbocycles. The third-order valence-corrected chi connectivity index (χ3v) is 4.71. The van der Waals surface area contributed by atoms with Gasteiger partial charge in [0.2, 0.25) is 5.09 Å². The third-order valence-electron chi connectivity index (χ3n) is 3.02. The quantitative estimate of drug-likeness (QED) is 0.821. The fraction of sp³-hybridized carbons (Fsp3) is 0.583. The van der Waals surface area contributed by atoms with Crippen molar-refractivity contribution < 1.29 is 22.7 Å². The molecule has 0 fully saturated rings. The summed E-state index contributed by atoms with van der Waals surface area (Å²) in [6, 6.07) is 2.50. The van der Waals surface area contributed by atoms with Crippen LogP contribution in [0.3, 0.4) is 0 Å². The standard InChI is InChI=1S/C12H20N2O5S/c1-8(15)12(2,3)13-11(16)9-6-7-10(19-9)20(17,18)14(4)5/h6-8,15H,1-5H3,(H,13,16). The number of hydrogen-bond donors (Lipinski definition) is 2. The molecular weight excluding hydrogens is 284 g/mol. The Bertz CT molecular complexity index is 587. The van der Waals surface area contributed by atoms with Crippen LogP contribution in [0.4, 0.5) is 0 Å². The summed E-state index contributed by atoms with van der Waals surface area (Å²) in [5.41, 5.74) is -0.857. The molecule has 0 spiro atoms. The maximum absolute atomic E-state index is 12.0. The molecule has 1 aromatic rings. The normalized spacial score (nSPS) is 14.3. The third kappa shape index (κ3) is 3.38. The van der Waals surface area contributed by atoms with E-state index in [-0.39, 0.29) is 10.9 Å². The van der Waals surface area contributed by atoms with Gasteiger partial charge in [-0.2, -0.15) is 0 Å². The first-order chi connectivity index (χ1) is 8.98. The maximum Gasteiger partial charge on any atom is 0.287 e. The summed E-state index contributed by atoms with van der Waals surface area (Å²) in [4.78, 5) is 12.0. The van der Waals surface area contributed by atoms with Crippen LogP contribution in [-0.2, 0) is 10.0 Å². The number of aliphatic hydroxyl groups is 1. The van der Waals surface area contributed by atoms with Gasteiger partial charge in [-0.25, -0.2) is 12.7 Å². The molecule has 0 radical (unpaired) electrons. The van der Waals surface area contributed by atoms with Gasteiger partial charge in [-0.05, 0) is 32.9 Å². The number of furan rings is 1. The maximum atomic E-state index is 12.0. The lowest BCUT2D eigenvalue weighted by Crippen LogP contribution is -2.50. The van der Waals surface area contributed by atoms with E-state index in [9.17, 15) is 18.3 Å². The van der Waals surface area contributed by atoms with Crippen LogP contribution in [0.2, 0.25) is 0 Å². The lowest BCUT2D eigenvalue weighted by molar-refractivity contribution is 0.0683. The summed E-state index contributed by atoms with van der Waals surface area (Å²) in [6.45, 7) is 4.84. The molecule has 1 amide bonds. The molecule has 0 saturated heterocycles. The van der Waals surface area contributed by atoms with Gasteiger partial charge < -0.3 is 14.8 Å². The first kappa shape index (κ1) is 16.7. The van der Waals surface area contributed by atoms with Crippen molar-refractivity contribution in [1.29, 1.82) is 0 Å². The highest BCUT2D eigenvalue weighted by Crippen LogP contribution is 2.18. The van der Waals surface area contributed by atoms with Crippen LogP contribution >= 0.6 is 0 Å². The van der Waals surface area contributed by atoms with Gasteiger partial charge in [0.25, 0.3) is 15.9 Å². The molecule has 0 bridgehead atoms. The summed E-state index contributed by atoms with van der Waals surface area (Å²) in [5.74, 6) is -0.713. The number of amides is 1. The fourth-order valence-electron chi connectivity index (χ4n) is 1.22. The van der Waals surface area contributed by atoms with Crippen molar-refractivity contribution in [2.45, 2.75) is 37.5 Å². The predicted molar refractivity (Wildman–Crippen MR) is 72.8 cm³/mol. The van der Waals surface area contributed by atoms with Gasteiger partial charge in [0.1, 0.15) is 0 Å². The van der Waals surface area contributed by atoms with Crippen molar-refractivity contribution in [1.82, 2.24) is 9.62 Å². The van der Waals surface area contributed by atoms with E-state index in [4.69, 9.17) is 4.42 Å². The van der Waals surface area contributed by atoms with E-state index in [0.29, 0.717) is 0 Å². The van der Waals surface area contributed by atoms with Crippen LogP contribution in [0, 0.1) is 0 Å². The molecule has 0 aliphatic rings. The molecule has 114 valence electrons. The number of hydrogen-bond acceptors (Lipinski definition) is 5. The van der Waals surface area contributed by atoms with Gasteiger partial charge in [0.15, 0.2) is 5.76 Å². The Morgan fingerprint density at radius 1 is 1.40 bits per heavy atom. The summed E-state index contributed by atoms with van der Waals surface area (Å²) in [6.07, 6.45) is -0.772. The Morgan fingerprint density at radius 2 is 1.95 bits per heavy atom. The second-order valence-corrected chi connectivity index (χ2v) is 7.34. The zero-order valence-electron chi connectivity index (χ0n) is 12.2. The second kappa shape index (κ2) is 5.55. The van der Waals surface area contributed by atoms with Crippen molar-refractivity contribution >= 4 is 15.9 Å².